The lowest BCUT2D eigenvalue weighted by Gasteiger charge is -2.28. The van der Waals surface area contributed by atoms with Gasteiger partial charge >= 0.3 is 0 Å². The molecule has 0 bridgehead atoms. The molecule has 5 rings (SSSR count). The Kier molecular flexibility index (Phi) is 8.34. The zero-order valence-electron chi connectivity index (χ0n) is 20.2. The van der Waals surface area contributed by atoms with Gasteiger partial charge in [-0.2, -0.15) is 0 Å². The van der Waals surface area contributed by atoms with Gasteiger partial charge in [0.1, 0.15) is 12.4 Å². The molecule has 0 aromatic heterocycles. The van der Waals surface area contributed by atoms with E-state index in [0.717, 1.165) is 63.5 Å². The second-order valence-corrected chi connectivity index (χ2v) is 11.4. The van der Waals surface area contributed by atoms with Crippen LogP contribution in [0.2, 0.25) is 0 Å². The van der Waals surface area contributed by atoms with Crippen molar-refractivity contribution in [3.05, 3.63) is 91.7 Å². The average Bonchev–Trinajstić information content (AvgIpc) is 3.17. The van der Waals surface area contributed by atoms with Crippen molar-refractivity contribution in [2.24, 2.45) is 4.99 Å². The number of amides is 1. The van der Waals surface area contributed by atoms with E-state index in [-0.39, 0.29) is 5.91 Å². The van der Waals surface area contributed by atoms with Crippen molar-refractivity contribution in [2.75, 3.05) is 38.3 Å². The van der Waals surface area contributed by atoms with Gasteiger partial charge < -0.3 is 14.4 Å². The van der Waals surface area contributed by atoms with Crippen LogP contribution < -0.4 is 9.64 Å². The molecule has 2 fully saturated rings. The maximum Gasteiger partial charge on any atom is 0.266 e. The lowest BCUT2D eigenvalue weighted by Crippen LogP contribution is -2.36. The number of amidine groups is 1. The van der Waals surface area contributed by atoms with E-state index in [0.29, 0.717) is 16.7 Å². The van der Waals surface area contributed by atoms with E-state index in [1.165, 1.54) is 11.8 Å². The minimum atomic E-state index is -0.0691. The third-order valence-electron chi connectivity index (χ3n) is 6.02. The minimum Gasteiger partial charge on any atom is -0.488 e. The van der Waals surface area contributed by atoms with Crippen molar-refractivity contribution < 1.29 is 14.3 Å². The lowest BCUT2D eigenvalue weighted by molar-refractivity contribution is -0.121. The number of benzene rings is 3. The number of morpholine rings is 1. The molecule has 2 aliphatic heterocycles. The predicted octanol–water partition coefficient (Wildman–Crippen LogP) is 6.86. The van der Waals surface area contributed by atoms with Crippen LogP contribution in [0.25, 0.3) is 6.08 Å². The Bertz CT molecular complexity index is 1340. The molecule has 0 unspecified atom stereocenters. The molecule has 190 valence electrons. The molecule has 2 heterocycles. The van der Waals surface area contributed by atoms with Gasteiger partial charge in [0.2, 0.25) is 0 Å². The fraction of sp³-hybridized carbons (Fsp3) is 0.214. The Labute approximate surface area is 237 Å². The molecule has 9 heteroatoms. The maximum absolute atomic E-state index is 12.9. The summed E-state index contributed by atoms with van der Waals surface area (Å²) in [5, 5.41) is 0.656. The first kappa shape index (κ1) is 26.0. The molecule has 0 saturated carbocycles. The molecule has 37 heavy (non-hydrogen) atoms. The van der Waals surface area contributed by atoms with Crippen LogP contribution in [-0.4, -0.2) is 49.3 Å². The average molecular weight is 643 g/mol. The first-order valence-corrected chi connectivity index (χ1v) is 14.2. The number of hydrogen-bond donors (Lipinski definition) is 0. The minimum absolute atomic E-state index is 0.0691. The predicted molar refractivity (Wildman–Crippen MR) is 158 cm³/mol. The van der Waals surface area contributed by atoms with Crippen molar-refractivity contribution >= 4 is 72.1 Å². The highest BCUT2D eigenvalue weighted by molar-refractivity contribution is 9.10. The highest BCUT2D eigenvalue weighted by Gasteiger charge is 2.30. The van der Waals surface area contributed by atoms with Gasteiger partial charge in [0.15, 0.2) is 5.17 Å². The van der Waals surface area contributed by atoms with Crippen LogP contribution in [0.4, 0.5) is 11.4 Å². The second kappa shape index (κ2) is 11.9. The van der Waals surface area contributed by atoms with Crippen LogP contribution in [0.15, 0.2) is 85.6 Å². The molecule has 0 spiro atoms. The summed E-state index contributed by atoms with van der Waals surface area (Å²) in [5.41, 5.74) is 3.96. The Balaban J connectivity index is 1.26. The number of ether oxygens (including phenoxy) is 2. The molecule has 1 amide bonds. The Morgan fingerprint density at radius 1 is 1.03 bits per heavy atom. The Morgan fingerprint density at radius 2 is 1.76 bits per heavy atom. The Morgan fingerprint density at radius 3 is 2.46 bits per heavy atom. The van der Waals surface area contributed by atoms with Gasteiger partial charge in [0, 0.05) is 30.3 Å². The molecule has 3 aromatic carbocycles. The van der Waals surface area contributed by atoms with Crippen molar-refractivity contribution in [1.82, 2.24) is 4.90 Å². The standard InChI is InChI=1S/C28H25Br2N3O3S/c1-32-27(34)26(37-28(32)31-22-7-9-23(10-8-22)33-12-14-35-15-13-33)17-20-4-11-25(24(30)16-20)36-18-19-2-5-21(29)6-3-19/h2-11,16-17H,12-15,18H2,1H3/b26-17-,31-28?. The molecular formula is C28H25Br2N3O3S. The Hall–Kier alpha value is -2.59. The number of rotatable bonds is 6. The van der Waals surface area contributed by atoms with E-state index in [9.17, 15) is 4.79 Å². The molecule has 0 radical (unpaired) electrons. The van der Waals surface area contributed by atoms with Crippen molar-refractivity contribution in [2.45, 2.75) is 6.61 Å². The zero-order valence-corrected chi connectivity index (χ0v) is 24.2. The fourth-order valence-electron chi connectivity index (χ4n) is 3.94. The van der Waals surface area contributed by atoms with E-state index in [1.807, 2.05) is 60.7 Å². The van der Waals surface area contributed by atoms with Gasteiger partial charge in [-0.25, -0.2) is 4.99 Å². The highest BCUT2D eigenvalue weighted by Crippen LogP contribution is 2.35. The smallest absolute Gasteiger partial charge is 0.266 e. The van der Waals surface area contributed by atoms with E-state index in [1.54, 1.807) is 11.9 Å². The third-order valence-corrected chi connectivity index (χ3v) is 8.22. The number of likely N-dealkylation sites (N-methyl/N-ethyl adjacent to an activating group) is 1. The molecule has 0 N–H and O–H groups in total. The van der Waals surface area contributed by atoms with E-state index >= 15 is 0 Å². The molecule has 6 nitrogen and oxygen atoms in total. The molecule has 0 atom stereocenters. The van der Waals surface area contributed by atoms with Crippen LogP contribution in [0, 0.1) is 0 Å². The molecule has 3 aromatic rings. The summed E-state index contributed by atoms with van der Waals surface area (Å²) >= 11 is 8.43. The summed E-state index contributed by atoms with van der Waals surface area (Å²) in [6.45, 7) is 3.76. The molecule has 2 saturated heterocycles. The van der Waals surface area contributed by atoms with E-state index < -0.39 is 0 Å². The van der Waals surface area contributed by atoms with Crippen molar-refractivity contribution in [1.29, 1.82) is 0 Å². The summed E-state index contributed by atoms with van der Waals surface area (Å²) in [4.78, 5) is 22.2. The third kappa shape index (κ3) is 6.46. The summed E-state index contributed by atoms with van der Waals surface area (Å²) < 4.78 is 13.3. The van der Waals surface area contributed by atoms with Crippen molar-refractivity contribution in [3.8, 4) is 5.75 Å². The van der Waals surface area contributed by atoms with Gasteiger partial charge in [-0.15, -0.1) is 0 Å². The van der Waals surface area contributed by atoms with E-state index in [4.69, 9.17) is 14.5 Å². The van der Waals surface area contributed by atoms with Gasteiger partial charge in [0.25, 0.3) is 5.91 Å². The van der Waals surface area contributed by atoms with Crippen LogP contribution in [0.3, 0.4) is 0 Å². The van der Waals surface area contributed by atoms with Crippen LogP contribution in [0.1, 0.15) is 11.1 Å². The number of aliphatic imine (C=N–C) groups is 1. The number of halogens is 2. The summed E-state index contributed by atoms with van der Waals surface area (Å²) in [7, 11) is 1.76. The number of nitrogens with zero attached hydrogens (tertiary/aromatic N) is 3. The number of carbonyl (C=O) groups is 1. The van der Waals surface area contributed by atoms with E-state index in [2.05, 4.69) is 48.9 Å². The topological polar surface area (TPSA) is 54.4 Å². The first-order valence-electron chi connectivity index (χ1n) is 11.8. The van der Waals surface area contributed by atoms with Gasteiger partial charge in [0.05, 0.1) is 28.3 Å². The van der Waals surface area contributed by atoms with Gasteiger partial charge in [-0.1, -0.05) is 34.1 Å². The number of thioether (sulfide) groups is 1. The number of anilines is 1. The van der Waals surface area contributed by atoms with Crippen LogP contribution >= 0.6 is 43.6 Å². The van der Waals surface area contributed by atoms with Crippen LogP contribution in [-0.2, 0) is 16.1 Å². The quantitative estimate of drug-likeness (QED) is 0.275. The largest absolute Gasteiger partial charge is 0.488 e. The second-order valence-electron chi connectivity index (χ2n) is 8.59. The molecular weight excluding hydrogens is 618 g/mol. The highest BCUT2D eigenvalue weighted by atomic mass is 79.9. The summed E-state index contributed by atoms with van der Waals surface area (Å²) in [6, 6.07) is 22.0. The molecule has 0 aliphatic carbocycles. The normalized spacial score (nSPS) is 18.2. The molecule has 2 aliphatic rings. The SMILES string of the molecule is CN1C(=O)/C(=C/c2ccc(OCc3ccc(Br)cc3)c(Br)c2)SC1=Nc1ccc(N2CCOCC2)cc1. The monoisotopic (exact) mass is 641 g/mol. The summed E-state index contributed by atoms with van der Waals surface area (Å²) in [6.07, 6.45) is 1.89. The number of carbonyl (C=O) groups excluding carboxylic acids is 1. The first-order chi connectivity index (χ1) is 18.0. The fourth-order valence-corrected chi connectivity index (χ4v) is 5.70. The zero-order chi connectivity index (χ0) is 25.8. The van der Waals surface area contributed by atoms with Crippen molar-refractivity contribution in [3.63, 3.8) is 0 Å². The van der Waals surface area contributed by atoms with Gasteiger partial charge in [-0.05, 0) is 93.4 Å². The maximum atomic E-state index is 12.9. The lowest BCUT2D eigenvalue weighted by atomic mass is 10.2. The van der Waals surface area contributed by atoms with Crippen LogP contribution in [0.5, 0.6) is 5.75 Å². The van der Waals surface area contributed by atoms with Gasteiger partial charge in [-0.3, -0.25) is 9.69 Å². The number of hydrogen-bond acceptors (Lipinski definition) is 6. The summed E-state index contributed by atoms with van der Waals surface area (Å²) in [5.74, 6) is 0.677.